The lowest BCUT2D eigenvalue weighted by molar-refractivity contribution is -0.384. The van der Waals surface area contributed by atoms with Crippen molar-refractivity contribution in [3.63, 3.8) is 0 Å². The van der Waals surface area contributed by atoms with E-state index in [9.17, 15) is 19.7 Å². The van der Waals surface area contributed by atoms with Crippen LogP contribution in [0.1, 0.15) is 32.5 Å². The molecule has 0 spiro atoms. The number of anilines is 1. The number of fused-ring (bicyclic) bond motifs is 1. The van der Waals surface area contributed by atoms with Crippen LogP contribution in [0.2, 0.25) is 0 Å². The molecular formula is C18H15N3O6S. The van der Waals surface area contributed by atoms with Gasteiger partial charge in [-0.2, -0.15) is 0 Å². The van der Waals surface area contributed by atoms with Gasteiger partial charge in [0.25, 0.3) is 11.6 Å². The Hall–Kier alpha value is -3.53. The van der Waals surface area contributed by atoms with Gasteiger partial charge in [-0.1, -0.05) is 0 Å². The van der Waals surface area contributed by atoms with Crippen LogP contribution in [-0.4, -0.2) is 23.4 Å². The number of amides is 1. The molecule has 10 heteroatoms. The molecule has 144 valence electrons. The number of nitro benzene ring substituents is 1. The summed E-state index contributed by atoms with van der Waals surface area (Å²) < 4.78 is 10.3. The highest BCUT2D eigenvalue weighted by Crippen LogP contribution is 2.29. The molecule has 1 aromatic carbocycles. The molecule has 0 aliphatic heterocycles. The van der Waals surface area contributed by atoms with Crippen LogP contribution in [0, 0.1) is 22.4 Å². The monoisotopic (exact) mass is 401 g/mol. The van der Waals surface area contributed by atoms with Crippen LogP contribution >= 0.6 is 11.3 Å². The zero-order valence-corrected chi connectivity index (χ0v) is 15.7. The molecule has 1 amide bonds. The first kappa shape index (κ1) is 19.2. The van der Waals surface area contributed by atoms with E-state index in [4.69, 9.17) is 14.6 Å². The van der Waals surface area contributed by atoms with E-state index in [1.54, 1.807) is 19.9 Å². The molecule has 0 radical (unpaired) electrons. The van der Waals surface area contributed by atoms with Crippen LogP contribution < -0.4 is 10.9 Å². The number of thiophene rings is 1. The van der Waals surface area contributed by atoms with Crippen molar-refractivity contribution in [3.05, 3.63) is 62.0 Å². The number of rotatable bonds is 5. The average molecular weight is 401 g/mol. The van der Waals surface area contributed by atoms with Gasteiger partial charge in [0.1, 0.15) is 16.1 Å². The standard InChI is InChI=1S/C18H15N3O6S/c1-3-26-18(23)13-6-9(2)28-17(13)20-16(22)12-8-10-7-11(21(24)25)4-5-14(10)27-15(12)19/h4-8,19H,3H2,1-2H3,(H,20,22). The lowest BCUT2D eigenvalue weighted by atomic mass is 10.1. The number of nitrogens with one attached hydrogen (secondary N) is 2. The maximum atomic E-state index is 12.7. The van der Waals surface area contributed by atoms with Gasteiger partial charge in [-0.15, -0.1) is 11.3 Å². The van der Waals surface area contributed by atoms with E-state index in [1.807, 2.05) is 0 Å². The quantitative estimate of drug-likeness (QED) is 0.381. The van der Waals surface area contributed by atoms with Crippen LogP contribution in [0.25, 0.3) is 11.0 Å². The van der Waals surface area contributed by atoms with Crippen molar-refractivity contribution in [2.24, 2.45) is 0 Å². The van der Waals surface area contributed by atoms with Gasteiger partial charge in [0.05, 0.1) is 17.1 Å². The molecule has 3 rings (SSSR count). The van der Waals surface area contributed by atoms with Gasteiger partial charge in [0.15, 0.2) is 0 Å². The topological polar surface area (TPSA) is 136 Å². The Morgan fingerprint density at radius 1 is 1.29 bits per heavy atom. The van der Waals surface area contributed by atoms with Gasteiger partial charge in [-0.25, -0.2) is 4.79 Å². The van der Waals surface area contributed by atoms with Crippen LogP contribution in [-0.2, 0) is 4.74 Å². The minimum Gasteiger partial charge on any atom is -0.462 e. The minimum absolute atomic E-state index is 0.117. The molecule has 28 heavy (non-hydrogen) atoms. The molecule has 0 unspecified atom stereocenters. The normalized spacial score (nSPS) is 10.6. The Bertz CT molecular complexity index is 1160. The highest BCUT2D eigenvalue weighted by atomic mass is 32.1. The third-order valence-electron chi connectivity index (χ3n) is 3.78. The van der Waals surface area contributed by atoms with Crippen LogP contribution in [0.4, 0.5) is 10.7 Å². The fraction of sp³-hybridized carbons (Fsp3) is 0.167. The highest BCUT2D eigenvalue weighted by Gasteiger charge is 2.20. The molecule has 0 atom stereocenters. The number of aryl methyl sites for hydroxylation is 1. The first-order chi connectivity index (χ1) is 13.3. The van der Waals surface area contributed by atoms with Crippen molar-refractivity contribution < 1.29 is 23.7 Å². The van der Waals surface area contributed by atoms with E-state index in [0.29, 0.717) is 10.4 Å². The molecule has 0 fully saturated rings. The van der Waals surface area contributed by atoms with E-state index in [1.165, 1.54) is 35.6 Å². The fourth-order valence-corrected chi connectivity index (χ4v) is 3.44. The predicted molar refractivity (Wildman–Crippen MR) is 102 cm³/mol. The molecule has 0 aliphatic rings. The molecule has 0 saturated carbocycles. The van der Waals surface area contributed by atoms with Gasteiger partial charge in [0.2, 0.25) is 5.55 Å². The van der Waals surface area contributed by atoms with Gasteiger partial charge in [0, 0.05) is 22.4 Å². The van der Waals surface area contributed by atoms with E-state index in [2.05, 4.69) is 5.32 Å². The number of carbonyl (C=O) groups is 2. The predicted octanol–water partition coefficient (Wildman–Crippen LogP) is 3.62. The van der Waals surface area contributed by atoms with Crippen LogP contribution in [0.3, 0.4) is 0 Å². The molecule has 0 bridgehead atoms. The summed E-state index contributed by atoms with van der Waals surface area (Å²) >= 11 is 1.19. The van der Waals surface area contributed by atoms with Crippen molar-refractivity contribution >= 4 is 44.9 Å². The number of nitro groups is 1. The molecular weight excluding hydrogens is 386 g/mol. The van der Waals surface area contributed by atoms with Crippen molar-refractivity contribution in [1.29, 1.82) is 5.41 Å². The SMILES string of the molecule is CCOC(=O)c1cc(C)sc1NC(=O)c1cc2cc([N+](=O)[O-])ccc2oc1=N. The molecule has 2 aromatic heterocycles. The molecule has 9 nitrogen and oxygen atoms in total. The number of non-ortho nitro benzene ring substituents is 1. The number of ether oxygens (including phenoxy) is 1. The first-order valence-electron chi connectivity index (χ1n) is 8.16. The van der Waals surface area contributed by atoms with Crippen molar-refractivity contribution in [2.75, 3.05) is 11.9 Å². The Labute approximate surface area is 162 Å². The summed E-state index contributed by atoms with van der Waals surface area (Å²) in [6, 6.07) is 6.83. The number of esters is 1. The Morgan fingerprint density at radius 3 is 2.71 bits per heavy atom. The third-order valence-corrected chi connectivity index (χ3v) is 4.75. The third kappa shape index (κ3) is 3.76. The second-order valence-corrected chi connectivity index (χ2v) is 7.00. The largest absolute Gasteiger partial charge is 0.462 e. The van der Waals surface area contributed by atoms with Crippen LogP contribution in [0.5, 0.6) is 0 Å². The van der Waals surface area contributed by atoms with E-state index in [-0.39, 0.29) is 29.0 Å². The molecule has 3 aromatic rings. The lowest BCUT2D eigenvalue weighted by Gasteiger charge is -2.07. The molecule has 0 saturated heterocycles. The Kier molecular flexibility index (Phi) is 5.23. The van der Waals surface area contributed by atoms with Gasteiger partial charge < -0.3 is 14.5 Å². The van der Waals surface area contributed by atoms with Crippen molar-refractivity contribution in [1.82, 2.24) is 0 Å². The summed E-state index contributed by atoms with van der Waals surface area (Å²) in [4.78, 5) is 35.9. The molecule has 2 N–H and O–H groups in total. The van der Waals surface area contributed by atoms with E-state index in [0.717, 1.165) is 4.88 Å². The summed E-state index contributed by atoms with van der Waals surface area (Å²) in [7, 11) is 0. The fourth-order valence-electron chi connectivity index (χ4n) is 2.55. The zero-order valence-electron chi connectivity index (χ0n) is 14.9. The lowest BCUT2D eigenvalue weighted by Crippen LogP contribution is -2.21. The number of carbonyl (C=O) groups excluding carboxylic acids is 2. The second kappa shape index (κ2) is 7.61. The Morgan fingerprint density at radius 2 is 2.04 bits per heavy atom. The smallest absolute Gasteiger partial charge is 0.341 e. The molecule has 2 heterocycles. The average Bonchev–Trinajstić information content (AvgIpc) is 3.01. The zero-order chi connectivity index (χ0) is 20.4. The Balaban J connectivity index is 1.98. The van der Waals surface area contributed by atoms with Gasteiger partial charge in [-0.05, 0) is 32.0 Å². The summed E-state index contributed by atoms with van der Waals surface area (Å²) in [6.45, 7) is 3.65. The van der Waals surface area contributed by atoms with Gasteiger partial charge in [-0.3, -0.25) is 20.3 Å². The van der Waals surface area contributed by atoms with E-state index >= 15 is 0 Å². The van der Waals surface area contributed by atoms with Crippen LogP contribution in [0.15, 0.2) is 34.7 Å². The van der Waals surface area contributed by atoms with Crippen molar-refractivity contribution in [2.45, 2.75) is 13.8 Å². The summed E-state index contributed by atoms with van der Waals surface area (Å²) in [6.07, 6.45) is 0. The summed E-state index contributed by atoms with van der Waals surface area (Å²) in [5, 5.41) is 22.1. The van der Waals surface area contributed by atoms with E-state index < -0.39 is 22.4 Å². The number of benzene rings is 1. The highest BCUT2D eigenvalue weighted by molar-refractivity contribution is 7.16. The number of hydrogen-bond donors (Lipinski definition) is 2. The van der Waals surface area contributed by atoms with Gasteiger partial charge >= 0.3 is 5.97 Å². The second-order valence-electron chi connectivity index (χ2n) is 5.74. The number of hydrogen-bond acceptors (Lipinski definition) is 8. The first-order valence-corrected chi connectivity index (χ1v) is 8.97. The summed E-state index contributed by atoms with van der Waals surface area (Å²) in [5.41, 5.74) is -0.215. The number of nitrogens with zero attached hydrogens (tertiary/aromatic N) is 1. The minimum atomic E-state index is -0.672. The molecule has 0 aliphatic carbocycles. The maximum Gasteiger partial charge on any atom is 0.341 e. The van der Waals surface area contributed by atoms with Crippen molar-refractivity contribution in [3.8, 4) is 0 Å². The summed E-state index contributed by atoms with van der Waals surface area (Å²) in [5.74, 6) is -1.23. The maximum absolute atomic E-state index is 12.7.